The summed E-state index contributed by atoms with van der Waals surface area (Å²) in [6.45, 7) is 0.468. The topological polar surface area (TPSA) is 94.2 Å². The van der Waals surface area contributed by atoms with Gasteiger partial charge in [-0.25, -0.2) is 0 Å². The fourth-order valence-corrected chi connectivity index (χ4v) is 2.70. The van der Waals surface area contributed by atoms with Crippen LogP contribution in [0.4, 0.5) is 0 Å². The Morgan fingerprint density at radius 3 is 2.39 bits per heavy atom. The van der Waals surface area contributed by atoms with Crippen molar-refractivity contribution in [3.8, 4) is 11.1 Å². The van der Waals surface area contributed by atoms with Gasteiger partial charge in [-0.15, -0.1) is 0 Å². The van der Waals surface area contributed by atoms with Gasteiger partial charge in [0, 0.05) is 25.2 Å². The highest BCUT2D eigenvalue weighted by Gasteiger charge is 2.28. The molecule has 0 saturated carbocycles. The summed E-state index contributed by atoms with van der Waals surface area (Å²) in [6, 6.07) is 10.2. The molecule has 0 aliphatic carbocycles. The van der Waals surface area contributed by atoms with E-state index in [2.05, 4.69) is 5.32 Å². The number of pyridine rings is 1. The van der Waals surface area contributed by atoms with Crippen LogP contribution in [0, 0.1) is 0 Å². The molecule has 0 bridgehead atoms. The summed E-state index contributed by atoms with van der Waals surface area (Å²) >= 11 is 0. The number of carbonyl (C=O) groups is 2. The summed E-state index contributed by atoms with van der Waals surface area (Å²) in [5.41, 5.74) is 8.11. The summed E-state index contributed by atoms with van der Waals surface area (Å²) in [5.74, 6) is -0.730. The molecule has 2 aromatic rings. The number of aromatic nitrogens is 1. The summed E-state index contributed by atoms with van der Waals surface area (Å²) in [7, 11) is 0. The molecule has 1 aliphatic heterocycles. The van der Waals surface area contributed by atoms with Crippen LogP contribution in [0.3, 0.4) is 0 Å². The third-order valence-corrected chi connectivity index (χ3v) is 4.01. The molecule has 1 unspecified atom stereocenters. The number of nitrogens with two attached hydrogens (primary N) is 1. The van der Waals surface area contributed by atoms with Gasteiger partial charge in [-0.2, -0.15) is 0 Å². The minimum absolute atomic E-state index is 0.234. The van der Waals surface area contributed by atoms with Crippen molar-refractivity contribution >= 4 is 11.8 Å². The zero-order valence-corrected chi connectivity index (χ0v) is 12.5. The highest BCUT2D eigenvalue weighted by Crippen LogP contribution is 2.22. The first kappa shape index (κ1) is 15.2. The van der Waals surface area contributed by atoms with Gasteiger partial charge in [0.2, 0.25) is 11.8 Å². The van der Waals surface area contributed by atoms with E-state index in [1.807, 2.05) is 24.3 Å². The van der Waals surface area contributed by atoms with E-state index in [-0.39, 0.29) is 17.9 Å². The molecule has 1 fully saturated rings. The lowest BCUT2D eigenvalue weighted by atomic mass is 10.0. The molecule has 1 aliphatic rings. The molecule has 1 aromatic heterocycles. The standard InChI is InChI=1S/C17H17N3O3/c18-9-11-1-3-12(4-2-11)13-5-8-16(22)20(10-13)14-6-7-15(21)19-17(14)23/h1-5,8,10,14H,6-7,9,18H2,(H,19,21,23). The van der Waals surface area contributed by atoms with Crippen molar-refractivity contribution in [1.82, 2.24) is 9.88 Å². The number of amides is 2. The van der Waals surface area contributed by atoms with Gasteiger partial charge >= 0.3 is 0 Å². The van der Waals surface area contributed by atoms with Crippen LogP contribution in [0.25, 0.3) is 11.1 Å². The first-order valence-electron chi connectivity index (χ1n) is 7.44. The van der Waals surface area contributed by atoms with Gasteiger partial charge in [-0.3, -0.25) is 19.7 Å². The maximum Gasteiger partial charge on any atom is 0.251 e. The van der Waals surface area contributed by atoms with E-state index in [0.717, 1.165) is 16.7 Å². The van der Waals surface area contributed by atoms with Crippen LogP contribution in [-0.4, -0.2) is 16.4 Å². The number of hydrogen-bond acceptors (Lipinski definition) is 4. The number of piperidine rings is 1. The zero-order valence-electron chi connectivity index (χ0n) is 12.5. The Bertz CT molecular complexity index is 809. The van der Waals surface area contributed by atoms with E-state index in [1.165, 1.54) is 10.6 Å². The van der Waals surface area contributed by atoms with Gasteiger partial charge in [0.1, 0.15) is 6.04 Å². The highest BCUT2D eigenvalue weighted by atomic mass is 16.2. The third-order valence-electron chi connectivity index (χ3n) is 4.01. The van der Waals surface area contributed by atoms with Crippen LogP contribution in [0.15, 0.2) is 47.4 Å². The highest BCUT2D eigenvalue weighted by molar-refractivity contribution is 5.99. The number of nitrogens with zero attached hydrogens (tertiary/aromatic N) is 1. The molecule has 0 spiro atoms. The van der Waals surface area contributed by atoms with Crippen LogP contribution < -0.4 is 16.6 Å². The van der Waals surface area contributed by atoms with Crippen molar-refractivity contribution in [3.05, 3.63) is 58.5 Å². The van der Waals surface area contributed by atoms with Crippen LogP contribution in [0.1, 0.15) is 24.4 Å². The molecule has 1 atom stereocenters. The first-order chi connectivity index (χ1) is 11.1. The van der Waals surface area contributed by atoms with Crippen molar-refractivity contribution in [1.29, 1.82) is 0 Å². The summed E-state index contributed by atoms with van der Waals surface area (Å²) in [5, 5.41) is 2.28. The minimum atomic E-state index is -0.650. The Balaban J connectivity index is 1.97. The monoisotopic (exact) mass is 311 g/mol. The second-order valence-corrected chi connectivity index (χ2v) is 5.53. The average Bonchev–Trinajstić information content (AvgIpc) is 2.56. The van der Waals surface area contributed by atoms with E-state index < -0.39 is 11.9 Å². The second-order valence-electron chi connectivity index (χ2n) is 5.53. The molecule has 6 nitrogen and oxygen atoms in total. The quantitative estimate of drug-likeness (QED) is 0.825. The predicted octanol–water partition coefficient (Wildman–Crippen LogP) is 0.952. The van der Waals surface area contributed by atoms with Crippen LogP contribution in [-0.2, 0) is 16.1 Å². The van der Waals surface area contributed by atoms with Crippen molar-refractivity contribution < 1.29 is 9.59 Å². The van der Waals surface area contributed by atoms with Gasteiger partial charge in [0.15, 0.2) is 0 Å². The Labute approximate surface area is 132 Å². The largest absolute Gasteiger partial charge is 0.326 e. The number of imide groups is 1. The van der Waals surface area contributed by atoms with E-state index in [4.69, 9.17) is 5.73 Å². The lowest BCUT2D eigenvalue weighted by Crippen LogP contribution is -2.44. The second kappa shape index (κ2) is 6.18. The minimum Gasteiger partial charge on any atom is -0.326 e. The summed E-state index contributed by atoms with van der Waals surface area (Å²) < 4.78 is 1.40. The summed E-state index contributed by atoms with van der Waals surface area (Å²) in [4.78, 5) is 35.3. The predicted molar refractivity (Wildman–Crippen MR) is 85.5 cm³/mol. The molecule has 3 rings (SSSR count). The summed E-state index contributed by atoms with van der Waals surface area (Å²) in [6.07, 6.45) is 2.23. The smallest absolute Gasteiger partial charge is 0.251 e. The Kier molecular flexibility index (Phi) is 4.08. The lowest BCUT2D eigenvalue weighted by molar-refractivity contribution is -0.135. The first-order valence-corrected chi connectivity index (χ1v) is 7.44. The molecule has 1 saturated heterocycles. The fraction of sp³-hybridized carbons (Fsp3) is 0.235. The van der Waals surface area contributed by atoms with E-state index >= 15 is 0 Å². The Morgan fingerprint density at radius 2 is 1.74 bits per heavy atom. The van der Waals surface area contributed by atoms with Crippen LogP contribution in [0.2, 0.25) is 0 Å². The van der Waals surface area contributed by atoms with Crippen LogP contribution in [0.5, 0.6) is 0 Å². The number of rotatable bonds is 3. The maximum atomic E-state index is 12.1. The SMILES string of the molecule is NCc1ccc(-c2ccc(=O)n(C3CCC(=O)NC3=O)c2)cc1. The normalized spacial score (nSPS) is 17.9. The van der Waals surface area contributed by atoms with Crippen molar-refractivity contribution in [2.45, 2.75) is 25.4 Å². The lowest BCUT2D eigenvalue weighted by Gasteiger charge is -2.23. The van der Waals surface area contributed by atoms with Crippen LogP contribution >= 0.6 is 0 Å². The van der Waals surface area contributed by atoms with Gasteiger partial charge in [0.05, 0.1) is 0 Å². The number of nitrogens with one attached hydrogen (secondary N) is 1. The molecule has 6 heteroatoms. The number of hydrogen-bond donors (Lipinski definition) is 2. The van der Waals surface area contributed by atoms with Crippen molar-refractivity contribution in [2.24, 2.45) is 5.73 Å². The van der Waals surface area contributed by atoms with Gasteiger partial charge in [0.25, 0.3) is 5.56 Å². The molecule has 2 amide bonds. The fourth-order valence-electron chi connectivity index (χ4n) is 2.70. The molecule has 2 heterocycles. The molecular formula is C17H17N3O3. The van der Waals surface area contributed by atoms with Crippen molar-refractivity contribution in [3.63, 3.8) is 0 Å². The molecule has 118 valence electrons. The number of benzene rings is 1. The van der Waals surface area contributed by atoms with E-state index in [9.17, 15) is 14.4 Å². The molecule has 0 radical (unpaired) electrons. The zero-order chi connectivity index (χ0) is 16.4. The third kappa shape index (κ3) is 3.07. The number of carbonyl (C=O) groups excluding carboxylic acids is 2. The van der Waals surface area contributed by atoms with Crippen molar-refractivity contribution in [2.75, 3.05) is 0 Å². The van der Waals surface area contributed by atoms with E-state index in [0.29, 0.717) is 13.0 Å². The van der Waals surface area contributed by atoms with Gasteiger partial charge in [-0.05, 0) is 29.2 Å². The maximum absolute atomic E-state index is 12.1. The van der Waals surface area contributed by atoms with Gasteiger partial charge in [-0.1, -0.05) is 24.3 Å². The molecule has 3 N–H and O–H groups in total. The average molecular weight is 311 g/mol. The van der Waals surface area contributed by atoms with E-state index in [1.54, 1.807) is 12.3 Å². The Morgan fingerprint density at radius 1 is 1.04 bits per heavy atom. The molecule has 23 heavy (non-hydrogen) atoms. The molecular weight excluding hydrogens is 294 g/mol. The molecule has 1 aromatic carbocycles. The van der Waals surface area contributed by atoms with Gasteiger partial charge < -0.3 is 10.3 Å². The Hall–Kier alpha value is -2.73.